The Hall–Kier alpha value is -1.06. The fourth-order valence-electron chi connectivity index (χ4n) is 0.402. The minimum absolute atomic E-state index is 0.213. The van der Waals surface area contributed by atoms with E-state index in [0.717, 1.165) is 0 Å². The molecule has 0 aliphatic heterocycles. The van der Waals surface area contributed by atoms with Crippen molar-refractivity contribution in [1.82, 2.24) is 0 Å². The summed E-state index contributed by atoms with van der Waals surface area (Å²) in [5, 5.41) is 0. The van der Waals surface area contributed by atoms with Gasteiger partial charge >= 0.3 is 0 Å². The summed E-state index contributed by atoms with van der Waals surface area (Å²) >= 11 is 0. The molecule has 0 fully saturated rings. The minimum atomic E-state index is -0.245. The lowest BCUT2D eigenvalue weighted by Crippen LogP contribution is -2.12. The normalized spacial score (nSPS) is 8.67. The number of nitrogens with two attached hydrogens (primary N) is 2. The maximum Gasteiger partial charge on any atom is 0.217 e. The van der Waals surface area contributed by atoms with E-state index >= 15 is 0 Å². The summed E-state index contributed by atoms with van der Waals surface area (Å²) in [6.45, 7) is 5.65. The van der Waals surface area contributed by atoms with Gasteiger partial charge in [-0.05, 0) is 5.92 Å². The van der Waals surface area contributed by atoms with Crippen LogP contribution in [-0.2, 0) is 9.59 Å². The first kappa shape index (κ1) is 13.5. The highest BCUT2D eigenvalue weighted by atomic mass is 16.1. The highest BCUT2D eigenvalue weighted by molar-refractivity contribution is 5.73. The first-order valence-corrected chi connectivity index (χ1v) is 3.96. The van der Waals surface area contributed by atoms with E-state index in [1.54, 1.807) is 6.92 Å². The number of primary amides is 2. The molecule has 4 heteroatoms. The van der Waals surface area contributed by atoms with E-state index in [1.165, 1.54) is 0 Å². The second-order valence-electron chi connectivity index (χ2n) is 2.88. The van der Waals surface area contributed by atoms with Crippen LogP contribution in [0.15, 0.2) is 0 Å². The molecule has 0 aromatic rings. The van der Waals surface area contributed by atoms with Crippen LogP contribution in [0.25, 0.3) is 0 Å². The van der Waals surface area contributed by atoms with Gasteiger partial charge in [-0.25, -0.2) is 0 Å². The van der Waals surface area contributed by atoms with Crippen LogP contribution in [-0.4, -0.2) is 11.8 Å². The van der Waals surface area contributed by atoms with Crippen LogP contribution in [0.2, 0.25) is 0 Å². The molecule has 0 aromatic heterocycles. The first-order chi connectivity index (χ1) is 5.40. The second kappa shape index (κ2) is 8.04. The fourth-order valence-corrected chi connectivity index (χ4v) is 0.402. The summed E-state index contributed by atoms with van der Waals surface area (Å²) in [6.07, 6.45) is 0.944. The molecular formula is C8H18N2O2. The molecule has 72 valence electrons. The van der Waals surface area contributed by atoms with Gasteiger partial charge in [0, 0.05) is 12.8 Å². The molecule has 4 N–H and O–H groups in total. The Bertz CT molecular complexity index is 144. The maximum absolute atomic E-state index is 10.0. The zero-order valence-corrected chi connectivity index (χ0v) is 7.96. The molecule has 0 bridgehead atoms. The standard InChI is InChI=1S/C5H11NO.C3H7NO/c1-4(2)3-5(6)7;1-2-3(4)5/h4H,3H2,1-2H3,(H2,6,7);2H2,1H3,(H2,4,5). The van der Waals surface area contributed by atoms with Crippen LogP contribution in [0.4, 0.5) is 0 Å². The molecule has 0 radical (unpaired) electrons. The van der Waals surface area contributed by atoms with Gasteiger partial charge in [-0.15, -0.1) is 0 Å². The molecule has 0 unspecified atom stereocenters. The Kier molecular flexibility index (Phi) is 9.06. The van der Waals surface area contributed by atoms with Crippen LogP contribution < -0.4 is 11.5 Å². The van der Waals surface area contributed by atoms with E-state index in [9.17, 15) is 9.59 Å². The van der Waals surface area contributed by atoms with Crippen molar-refractivity contribution in [2.24, 2.45) is 17.4 Å². The summed E-state index contributed by atoms with van der Waals surface area (Å²) in [6, 6.07) is 0. The highest BCUT2D eigenvalue weighted by Crippen LogP contribution is 1.95. The van der Waals surface area contributed by atoms with E-state index in [0.29, 0.717) is 18.8 Å². The molecule has 12 heavy (non-hydrogen) atoms. The summed E-state index contributed by atoms with van der Waals surface area (Å²) in [5.41, 5.74) is 9.51. The third kappa shape index (κ3) is 23.1. The minimum Gasteiger partial charge on any atom is -0.370 e. The monoisotopic (exact) mass is 174 g/mol. The Balaban J connectivity index is 0. The molecule has 0 heterocycles. The van der Waals surface area contributed by atoms with Crippen LogP contribution in [0.5, 0.6) is 0 Å². The number of hydrogen-bond donors (Lipinski definition) is 2. The van der Waals surface area contributed by atoms with E-state index in [4.69, 9.17) is 5.73 Å². The molecule has 0 aliphatic carbocycles. The van der Waals surface area contributed by atoms with E-state index in [2.05, 4.69) is 5.73 Å². The summed E-state index contributed by atoms with van der Waals surface area (Å²) < 4.78 is 0. The van der Waals surface area contributed by atoms with Gasteiger partial charge in [0.05, 0.1) is 0 Å². The second-order valence-corrected chi connectivity index (χ2v) is 2.88. The average molecular weight is 174 g/mol. The number of carbonyl (C=O) groups is 2. The van der Waals surface area contributed by atoms with Crippen molar-refractivity contribution in [2.45, 2.75) is 33.6 Å². The molecule has 2 amide bonds. The van der Waals surface area contributed by atoms with Gasteiger partial charge in [-0.1, -0.05) is 20.8 Å². The largest absolute Gasteiger partial charge is 0.370 e. The van der Waals surface area contributed by atoms with Crippen molar-refractivity contribution in [3.8, 4) is 0 Å². The van der Waals surface area contributed by atoms with Crippen molar-refractivity contribution >= 4 is 11.8 Å². The van der Waals surface area contributed by atoms with E-state index < -0.39 is 0 Å². The van der Waals surface area contributed by atoms with Gasteiger partial charge in [-0.3, -0.25) is 9.59 Å². The molecule has 0 saturated heterocycles. The molecule has 0 atom stereocenters. The lowest BCUT2D eigenvalue weighted by molar-refractivity contribution is -0.119. The molecule has 0 saturated carbocycles. The van der Waals surface area contributed by atoms with Crippen molar-refractivity contribution in [3.05, 3.63) is 0 Å². The fraction of sp³-hybridized carbons (Fsp3) is 0.750. The Morgan fingerprint density at radius 2 is 1.50 bits per heavy atom. The first-order valence-electron chi connectivity index (χ1n) is 3.96. The van der Waals surface area contributed by atoms with Crippen LogP contribution >= 0.6 is 0 Å². The predicted octanol–water partition coefficient (Wildman–Crippen LogP) is 0.399. The third-order valence-electron chi connectivity index (χ3n) is 0.958. The van der Waals surface area contributed by atoms with Crippen LogP contribution in [0.3, 0.4) is 0 Å². The van der Waals surface area contributed by atoms with Crippen LogP contribution in [0.1, 0.15) is 33.6 Å². The van der Waals surface area contributed by atoms with Crippen LogP contribution in [0, 0.1) is 5.92 Å². The van der Waals surface area contributed by atoms with Crippen molar-refractivity contribution in [1.29, 1.82) is 0 Å². The van der Waals surface area contributed by atoms with Gasteiger partial charge in [0.2, 0.25) is 11.8 Å². The quantitative estimate of drug-likeness (QED) is 0.648. The van der Waals surface area contributed by atoms with Crippen molar-refractivity contribution in [2.75, 3.05) is 0 Å². The van der Waals surface area contributed by atoms with Crippen molar-refractivity contribution < 1.29 is 9.59 Å². The summed E-state index contributed by atoms with van der Waals surface area (Å²) in [4.78, 5) is 19.6. The molecule has 4 nitrogen and oxygen atoms in total. The highest BCUT2D eigenvalue weighted by Gasteiger charge is 1.96. The van der Waals surface area contributed by atoms with Gasteiger partial charge in [0.1, 0.15) is 0 Å². The predicted molar refractivity (Wildman–Crippen MR) is 48.1 cm³/mol. The number of rotatable bonds is 3. The number of hydrogen-bond acceptors (Lipinski definition) is 2. The Labute approximate surface area is 73.3 Å². The zero-order valence-electron chi connectivity index (χ0n) is 7.96. The smallest absolute Gasteiger partial charge is 0.217 e. The lowest BCUT2D eigenvalue weighted by atomic mass is 10.1. The van der Waals surface area contributed by atoms with Gasteiger partial charge in [-0.2, -0.15) is 0 Å². The molecular weight excluding hydrogens is 156 g/mol. The number of carbonyl (C=O) groups excluding carboxylic acids is 2. The van der Waals surface area contributed by atoms with Gasteiger partial charge in [0.15, 0.2) is 0 Å². The zero-order chi connectivity index (χ0) is 10.1. The SMILES string of the molecule is CC(C)CC(N)=O.CCC(N)=O. The molecule has 0 aromatic carbocycles. The Morgan fingerprint density at radius 3 is 1.50 bits per heavy atom. The van der Waals surface area contributed by atoms with E-state index in [1.807, 2.05) is 13.8 Å². The summed E-state index contributed by atoms with van der Waals surface area (Å²) in [7, 11) is 0. The number of amides is 2. The summed E-state index contributed by atoms with van der Waals surface area (Å²) in [5.74, 6) is -0.0579. The molecule has 0 aliphatic rings. The maximum atomic E-state index is 10.0. The molecule has 0 spiro atoms. The average Bonchev–Trinajstić information content (AvgIpc) is 1.85. The Morgan fingerprint density at radius 1 is 1.17 bits per heavy atom. The van der Waals surface area contributed by atoms with Gasteiger partial charge < -0.3 is 11.5 Å². The topological polar surface area (TPSA) is 86.2 Å². The molecule has 0 rings (SSSR count). The third-order valence-corrected chi connectivity index (χ3v) is 0.958. The van der Waals surface area contributed by atoms with E-state index in [-0.39, 0.29) is 11.8 Å². The van der Waals surface area contributed by atoms with Crippen molar-refractivity contribution in [3.63, 3.8) is 0 Å². The van der Waals surface area contributed by atoms with Gasteiger partial charge in [0.25, 0.3) is 0 Å². The lowest BCUT2D eigenvalue weighted by Gasteiger charge is -1.95.